The van der Waals surface area contributed by atoms with Crippen molar-refractivity contribution in [1.29, 1.82) is 0 Å². The Kier molecular flexibility index (Phi) is 9.09. The smallest absolute Gasteiger partial charge is 0.0774 e. The van der Waals surface area contributed by atoms with Crippen molar-refractivity contribution >= 4 is 38.0 Å². The van der Waals surface area contributed by atoms with E-state index in [1.165, 1.54) is 56.9 Å². The van der Waals surface area contributed by atoms with Crippen molar-refractivity contribution in [3.63, 3.8) is 0 Å². The maximum atomic E-state index is 7.28. The number of nitrogens with zero attached hydrogens (tertiary/aromatic N) is 3. The number of allylic oxidation sites excluding steroid dienone is 1. The molecule has 1 radical (unpaired) electrons. The molecule has 3 aromatic heterocycles. The van der Waals surface area contributed by atoms with Gasteiger partial charge in [-0.3, -0.25) is 16.3 Å². The first-order valence-corrected chi connectivity index (χ1v) is 18.4. The van der Waals surface area contributed by atoms with Gasteiger partial charge in [0.15, 0.2) is 0 Å². The van der Waals surface area contributed by atoms with Crippen LogP contribution in [0.2, 0.25) is 0 Å². The Labute approximate surface area is 349 Å². The number of pyridine rings is 1. The van der Waals surface area contributed by atoms with E-state index in [9.17, 15) is 0 Å². The Balaban J connectivity index is 0.000000226. The van der Waals surface area contributed by atoms with Gasteiger partial charge in [0.1, 0.15) is 0 Å². The molecule has 9 rings (SSSR count). The molecule has 0 aliphatic carbocycles. The topological polar surface area (TPSA) is 30.7 Å². The largest absolute Gasteiger partial charge is 0.332 e. The van der Waals surface area contributed by atoms with E-state index >= 15 is 0 Å². The van der Waals surface area contributed by atoms with Crippen LogP contribution in [0, 0.1) is 32.1 Å². The Morgan fingerprint density at radius 1 is 0.745 bits per heavy atom. The maximum absolute atomic E-state index is 7.28. The molecular formula is C50H39IrN3S-2. The van der Waals surface area contributed by atoms with Crippen molar-refractivity contribution in [1.82, 2.24) is 14.5 Å². The summed E-state index contributed by atoms with van der Waals surface area (Å²) in [4.78, 5) is 9.34. The van der Waals surface area contributed by atoms with Gasteiger partial charge >= 0.3 is 0 Å². The Morgan fingerprint density at radius 2 is 1.42 bits per heavy atom. The van der Waals surface area contributed by atoms with Crippen LogP contribution >= 0.6 is 11.3 Å². The number of para-hydroxylation sites is 2. The molecular weight excluding hydrogens is 867 g/mol. The summed E-state index contributed by atoms with van der Waals surface area (Å²) in [7, 11) is 0. The van der Waals surface area contributed by atoms with Crippen LogP contribution in [0.1, 0.15) is 37.4 Å². The third-order valence-electron chi connectivity index (χ3n) is 9.29. The number of imidazole rings is 1. The van der Waals surface area contributed by atoms with Gasteiger partial charge in [0.25, 0.3) is 0 Å². The van der Waals surface area contributed by atoms with Crippen LogP contribution in [0.4, 0.5) is 0 Å². The van der Waals surface area contributed by atoms with E-state index in [-0.39, 0.29) is 31.2 Å². The van der Waals surface area contributed by atoms with Crippen molar-refractivity contribution < 1.29 is 28.3 Å². The first-order chi connectivity index (χ1) is 28.8. The van der Waals surface area contributed by atoms with Gasteiger partial charge in [-0.15, -0.1) is 40.8 Å². The summed E-state index contributed by atoms with van der Waals surface area (Å²) in [6, 6.07) is 51.3. The minimum Gasteiger partial charge on any atom is -0.332 e. The number of rotatable bonds is 6. The summed E-state index contributed by atoms with van der Waals surface area (Å²) < 4.78 is 47.2. The molecule has 0 N–H and O–H groups in total. The standard InChI is InChI=1S/C37H27N2S.C13H12N.Ir/c1-24(2)28-18-19-35-31(22-28)32(23-40-35)37-38-33-16-10-11-17-34(33)39(37)36-29(26-12-6-4-7-13-26)20-25(3)21-30(36)27-14-8-5-9-15-27;1-10-3-6-12(7-4-10)13-8-5-11(2)9-14-13;/h4-22H,1H2,2-3H3;3-6,8-9H,1-2H3;/q2*-1;/i;1D3,2D3;. The Hall–Kier alpha value is -5.71. The van der Waals surface area contributed by atoms with Crippen LogP contribution < -0.4 is 0 Å². The summed E-state index contributed by atoms with van der Waals surface area (Å²) in [6.07, 6.45) is 1.30. The van der Waals surface area contributed by atoms with Gasteiger partial charge in [-0.25, -0.2) is 0 Å². The second-order valence-corrected chi connectivity index (χ2v) is 14.0. The van der Waals surface area contributed by atoms with Crippen molar-refractivity contribution in [2.75, 3.05) is 0 Å². The molecule has 5 heteroatoms. The van der Waals surface area contributed by atoms with Crippen molar-refractivity contribution in [3.05, 3.63) is 192 Å². The van der Waals surface area contributed by atoms with E-state index in [0.29, 0.717) is 11.3 Å². The van der Waals surface area contributed by atoms with Gasteiger partial charge < -0.3 is 9.55 Å². The molecule has 3 heterocycles. The molecule has 6 aromatic carbocycles. The van der Waals surface area contributed by atoms with E-state index in [4.69, 9.17) is 13.2 Å². The molecule has 271 valence electrons. The predicted molar refractivity (Wildman–Crippen MR) is 229 cm³/mol. The summed E-state index contributed by atoms with van der Waals surface area (Å²) >= 11 is 1.64. The van der Waals surface area contributed by atoms with Gasteiger partial charge in [0, 0.05) is 45.7 Å². The molecule has 0 aliphatic heterocycles. The zero-order valence-electron chi connectivity index (χ0n) is 36.2. The maximum Gasteiger partial charge on any atom is 0.0774 e. The number of aryl methyl sites for hydroxylation is 3. The van der Waals surface area contributed by atoms with Crippen LogP contribution in [-0.2, 0) is 20.1 Å². The number of fused-ring (bicyclic) bond motifs is 2. The molecule has 0 spiro atoms. The first kappa shape index (κ1) is 30.6. The average molecular weight is 912 g/mol. The van der Waals surface area contributed by atoms with Gasteiger partial charge in [0.2, 0.25) is 0 Å². The third kappa shape index (κ3) is 7.78. The molecule has 0 saturated heterocycles. The fraction of sp³-hybridized carbons (Fsp3) is 0.0800. The fourth-order valence-electron chi connectivity index (χ4n) is 6.66. The summed E-state index contributed by atoms with van der Waals surface area (Å²) in [6.45, 7) is 4.08. The number of aromatic nitrogens is 3. The molecule has 0 fully saturated rings. The molecule has 0 bridgehead atoms. The number of thiophene rings is 1. The van der Waals surface area contributed by atoms with Crippen LogP contribution in [0.3, 0.4) is 0 Å². The molecule has 0 amide bonds. The number of benzene rings is 6. The van der Waals surface area contributed by atoms with Crippen LogP contribution in [-0.4, -0.2) is 14.5 Å². The number of hydrogen-bond donors (Lipinski definition) is 0. The molecule has 0 atom stereocenters. The summed E-state index contributed by atoms with van der Waals surface area (Å²) in [5.41, 5.74) is 13.8. The minimum absolute atomic E-state index is 0. The first-order valence-electron chi connectivity index (χ1n) is 20.6. The molecule has 0 aliphatic rings. The van der Waals surface area contributed by atoms with Crippen molar-refractivity contribution in [2.24, 2.45) is 0 Å². The predicted octanol–water partition coefficient (Wildman–Crippen LogP) is 13.5. The van der Waals surface area contributed by atoms with E-state index in [2.05, 4.69) is 157 Å². The fourth-order valence-corrected chi connectivity index (χ4v) is 7.48. The molecule has 0 saturated carbocycles. The summed E-state index contributed by atoms with van der Waals surface area (Å²) in [5, 5.41) is 4.78. The SMILES string of the molecule is C=C(C)c1ccc2s[c-]c(-c3nc4ccccc4n3-c3c(-c4ccccc4)cc(C)cc3-c3ccccc3)c2c1.[2H]C([2H])([2H])c1c[c-]c(-c2ccc(C([2H])([2H])[2H])cn2)cc1.[Ir]. The van der Waals surface area contributed by atoms with Gasteiger partial charge in [0.05, 0.1) is 22.5 Å². The molecule has 0 unspecified atom stereocenters. The molecule has 55 heavy (non-hydrogen) atoms. The minimum atomic E-state index is -2.18. The van der Waals surface area contributed by atoms with E-state index < -0.39 is 13.7 Å². The molecule has 3 nitrogen and oxygen atoms in total. The number of hydrogen-bond acceptors (Lipinski definition) is 3. The second kappa shape index (κ2) is 16.3. The zero-order valence-corrected chi connectivity index (χ0v) is 33.4. The van der Waals surface area contributed by atoms with Gasteiger partial charge in [-0.05, 0) is 78.5 Å². The quantitative estimate of drug-likeness (QED) is 0.156. The van der Waals surface area contributed by atoms with Crippen LogP contribution in [0.5, 0.6) is 0 Å². The third-order valence-corrected chi connectivity index (χ3v) is 10.2. The van der Waals surface area contributed by atoms with E-state index in [1.54, 1.807) is 23.5 Å². The van der Waals surface area contributed by atoms with Gasteiger partial charge in [-0.2, -0.15) is 0 Å². The summed E-state index contributed by atoms with van der Waals surface area (Å²) in [5.74, 6) is 0.893. The molecule has 9 aromatic rings. The zero-order chi connectivity index (χ0) is 42.2. The van der Waals surface area contributed by atoms with Crippen LogP contribution in [0.15, 0.2) is 158 Å². The monoisotopic (exact) mass is 912 g/mol. The van der Waals surface area contributed by atoms with Gasteiger partial charge in [-0.1, -0.05) is 138 Å². The van der Waals surface area contributed by atoms with Crippen molar-refractivity contribution in [3.8, 4) is 50.6 Å². The Bertz CT molecular complexity index is 2860. The van der Waals surface area contributed by atoms with E-state index in [0.717, 1.165) is 44.6 Å². The van der Waals surface area contributed by atoms with E-state index in [1.807, 2.05) is 0 Å². The van der Waals surface area contributed by atoms with Crippen molar-refractivity contribution in [2.45, 2.75) is 27.6 Å². The average Bonchev–Trinajstić information content (AvgIpc) is 3.85. The normalized spacial score (nSPS) is 12.9. The Morgan fingerprint density at radius 3 is 2.04 bits per heavy atom. The van der Waals surface area contributed by atoms with Crippen LogP contribution in [0.25, 0.3) is 77.3 Å². The second-order valence-electron chi connectivity index (χ2n) is 13.2.